The van der Waals surface area contributed by atoms with E-state index in [1.165, 1.54) is 42.1 Å². The Morgan fingerprint density at radius 2 is 1.76 bits per heavy atom. The lowest BCUT2D eigenvalue weighted by Crippen LogP contribution is -2.25. The van der Waals surface area contributed by atoms with Crippen molar-refractivity contribution in [2.45, 2.75) is 30.4 Å². The lowest BCUT2D eigenvalue weighted by Gasteiger charge is -2.17. The molecule has 0 aliphatic carbocycles. The number of hydrogen-bond donors (Lipinski definition) is 3. The normalized spacial score (nSPS) is 11.5. The first-order chi connectivity index (χ1) is 15.8. The van der Waals surface area contributed by atoms with Crippen molar-refractivity contribution in [2.75, 3.05) is 10.6 Å². The summed E-state index contributed by atoms with van der Waals surface area (Å²) in [5, 5.41) is 14.2. The second kappa shape index (κ2) is 10.8. The molecular weight excluding hydrogens is 443 g/mol. The third kappa shape index (κ3) is 6.20. The van der Waals surface area contributed by atoms with E-state index < -0.39 is 22.9 Å². The molecule has 0 fully saturated rings. The van der Waals surface area contributed by atoms with Crippen molar-refractivity contribution in [1.82, 2.24) is 0 Å². The van der Waals surface area contributed by atoms with Crippen LogP contribution in [0.4, 0.5) is 15.8 Å². The Balaban J connectivity index is 1.71. The molecule has 3 aromatic rings. The van der Waals surface area contributed by atoms with Crippen molar-refractivity contribution in [3.8, 4) is 0 Å². The number of carbonyl (C=O) groups is 3. The molecule has 0 aliphatic heterocycles. The zero-order chi connectivity index (χ0) is 24.0. The van der Waals surface area contributed by atoms with E-state index >= 15 is 0 Å². The number of thioether (sulfide) groups is 1. The Hall–Kier alpha value is -3.65. The number of halogens is 1. The fourth-order valence-corrected chi connectivity index (χ4v) is 4.09. The molecule has 0 aromatic heterocycles. The summed E-state index contributed by atoms with van der Waals surface area (Å²) in [5.41, 5.74) is 1.72. The monoisotopic (exact) mass is 466 g/mol. The molecule has 3 aromatic carbocycles. The van der Waals surface area contributed by atoms with E-state index in [4.69, 9.17) is 0 Å². The van der Waals surface area contributed by atoms with Gasteiger partial charge in [-0.05, 0) is 61.4 Å². The van der Waals surface area contributed by atoms with Crippen molar-refractivity contribution in [2.24, 2.45) is 0 Å². The summed E-state index contributed by atoms with van der Waals surface area (Å²) in [4.78, 5) is 37.2. The first-order valence-corrected chi connectivity index (χ1v) is 11.1. The van der Waals surface area contributed by atoms with Crippen molar-refractivity contribution >= 4 is 40.9 Å². The molecule has 0 aliphatic rings. The molecule has 0 radical (unpaired) electrons. The highest BCUT2D eigenvalue weighted by molar-refractivity contribution is 8.00. The summed E-state index contributed by atoms with van der Waals surface area (Å²) in [7, 11) is 0. The number of nitrogens with one attached hydrogen (secondary N) is 2. The zero-order valence-electron chi connectivity index (χ0n) is 18.1. The van der Waals surface area contributed by atoms with Crippen LogP contribution in [-0.2, 0) is 4.79 Å². The minimum Gasteiger partial charge on any atom is -0.478 e. The van der Waals surface area contributed by atoms with Gasteiger partial charge in [0.25, 0.3) is 5.91 Å². The molecule has 3 rings (SSSR count). The van der Waals surface area contributed by atoms with Crippen LogP contribution in [0.1, 0.15) is 39.6 Å². The summed E-state index contributed by atoms with van der Waals surface area (Å²) in [6, 6.07) is 17.3. The molecule has 2 amide bonds. The fourth-order valence-electron chi connectivity index (χ4n) is 3.08. The van der Waals surface area contributed by atoms with Gasteiger partial charge in [0.15, 0.2) is 0 Å². The molecule has 8 heteroatoms. The molecule has 33 heavy (non-hydrogen) atoms. The molecule has 0 spiro atoms. The number of aromatic carboxylic acids is 1. The van der Waals surface area contributed by atoms with Gasteiger partial charge in [-0.2, -0.15) is 0 Å². The van der Waals surface area contributed by atoms with Gasteiger partial charge in [-0.25, -0.2) is 9.18 Å². The van der Waals surface area contributed by atoms with E-state index in [1.807, 2.05) is 13.0 Å². The number of anilines is 2. The maximum atomic E-state index is 13.9. The van der Waals surface area contributed by atoms with E-state index in [0.29, 0.717) is 17.8 Å². The van der Waals surface area contributed by atoms with E-state index in [-0.39, 0.29) is 17.0 Å². The Morgan fingerprint density at radius 1 is 1.00 bits per heavy atom. The van der Waals surface area contributed by atoms with Gasteiger partial charge in [0, 0.05) is 16.3 Å². The van der Waals surface area contributed by atoms with Gasteiger partial charge in [-0.15, -0.1) is 11.8 Å². The summed E-state index contributed by atoms with van der Waals surface area (Å²) >= 11 is 1.32. The fraction of sp³-hybridized carbons (Fsp3) is 0.160. The molecule has 1 unspecified atom stereocenters. The highest BCUT2D eigenvalue weighted by Crippen LogP contribution is 2.29. The van der Waals surface area contributed by atoms with Crippen LogP contribution in [0.5, 0.6) is 0 Å². The predicted octanol–water partition coefficient (Wildman–Crippen LogP) is 5.59. The second-order valence-electron chi connectivity index (χ2n) is 7.30. The van der Waals surface area contributed by atoms with E-state index in [1.54, 1.807) is 37.3 Å². The summed E-state index contributed by atoms with van der Waals surface area (Å²) in [5.74, 6) is -2.49. The first kappa shape index (κ1) is 24.0. The Labute approximate surface area is 195 Å². The molecule has 170 valence electrons. The number of amides is 2. The number of aryl methyl sites for hydroxylation is 1. The van der Waals surface area contributed by atoms with Gasteiger partial charge < -0.3 is 15.7 Å². The summed E-state index contributed by atoms with van der Waals surface area (Å²) < 4.78 is 13.9. The average molecular weight is 467 g/mol. The molecule has 0 saturated carbocycles. The van der Waals surface area contributed by atoms with E-state index in [9.17, 15) is 23.9 Å². The maximum Gasteiger partial charge on any atom is 0.335 e. The molecule has 6 nitrogen and oxygen atoms in total. The molecule has 3 N–H and O–H groups in total. The van der Waals surface area contributed by atoms with Crippen LogP contribution in [0.15, 0.2) is 71.6 Å². The Morgan fingerprint density at radius 3 is 2.45 bits per heavy atom. The zero-order valence-corrected chi connectivity index (χ0v) is 18.9. The van der Waals surface area contributed by atoms with Crippen molar-refractivity contribution < 1.29 is 23.9 Å². The largest absolute Gasteiger partial charge is 0.478 e. The molecular formula is C25H23FN2O4S. The summed E-state index contributed by atoms with van der Waals surface area (Å²) in [6.07, 6.45) is 0.528. The molecule has 1 atom stereocenters. The van der Waals surface area contributed by atoms with Gasteiger partial charge in [-0.3, -0.25) is 9.59 Å². The second-order valence-corrected chi connectivity index (χ2v) is 8.58. The minimum absolute atomic E-state index is 0.0553. The number of hydrogen-bond acceptors (Lipinski definition) is 4. The van der Waals surface area contributed by atoms with Gasteiger partial charge in [-0.1, -0.05) is 31.2 Å². The van der Waals surface area contributed by atoms with Crippen LogP contribution < -0.4 is 10.6 Å². The predicted molar refractivity (Wildman–Crippen MR) is 127 cm³/mol. The van der Waals surface area contributed by atoms with Gasteiger partial charge in [0.05, 0.1) is 16.4 Å². The van der Waals surface area contributed by atoms with Crippen molar-refractivity contribution in [3.63, 3.8) is 0 Å². The number of carboxylic acid groups (broad SMARTS) is 1. The van der Waals surface area contributed by atoms with Crippen LogP contribution in [0.2, 0.25) is 0 Å². The van der Waals surface area contributed by atoms with Crippen molar-refractivity contribution in [3.05, 3.63) is 89.2 Å². The number of carbonyl (C=O) groups excluding carboxylic acids is 2. The van der Waals surface area contributed by atoms with E-state index in [0.717, 1.165) is 10.5 Å². The van der Waals surface area contributed by atoms with Gasteiger partial charge in [0.2, 0.25) is 5.91 Å². The van der Waals surface area contributed by atoms with Crippen LogP contribution >= 0.6 is 11.8 Å². The lowest BCUT2D eigenvalue weighted by molar-refractivity contribution is -0.115. The quantitative estimate of drug-likeness (QED) is 0.376. The standard InChI is InChI=1S/C25H23FN2O4S/c1-3-22(24(30)28-21-13-16(25(31)32)12-11-15(21)2)33-18-8-6-7-17(14-18)27-23(29)19-9-4-5-10-20(19)26/h4-14,22H,3H2,1-2H3,(H,27,29)(H,28,30)(H,31,32). The Kier molecular flexibility index (Phi) is 7.84. The van der Waals surface area contributed by atoms with Crippen LogP contribution in [-0.4, -0.2) is 28.1 Å². The van der Waals surface area contributed by atoms with Crippen LogP contribution in [0.25, 0.3) is 0 Å². The van der Waals surface area contributed by atoms with E-state index in [2.05, 4.69) is 10.6 Å². The SMILES string of the molecule is CCC(Sc1cccc(NC(=O)c2ccccc2F)c1)C(=O)Nc1cc(C(=O)O)ccc1C. The highest BCUT2D eigenvalue weighted by Gasteiger charge is 2.20. The highest BCUT2D eigenvalue weighted by atomic mass is 32.2. The third-order valence-electron chi connectivity index (χ3n) is 4.89. The van der Waals surface area contributed by atoms with Gasteiger partial charge >= 0.3 is 5.97 Å². The third-order valence-corrected chi connectivity index (χ3v) is 6.25. The Bertz CT molecular complexity index is 1200. The van der Waals surface area contributed by atoms with Crippen LogP contribution in [0, 0.1) is 12.7 Å². The van der Waals surface area contributed by atoms with Crippen LogP contribution in [0.3, 0.4) is 0 Å². The number of rotatable bonds is 8. The lowest BCUT2D eigenvalue weighted by atomic mass is 10.1. The number of carboxylic acids is 1. The summed E-state index contributed by atoms with van der Waals surface area (Å²) in [6.45, 7) is 3.67. The molecule has 0 bridgehead atoms. The molecule has 0 saturated heterocycles. The first-order valence-electron chi connectivity index (χ1n) is 10.3. The van der Waals surface area contributed by atoms with Gasteiger partial charge in [0.1, 0.15) is 5.82 Å². The maximum absolute atomic E-state index is 13.9. The smallest absolute Gasteiger partial charge is 0.335 e. The number of benzene rings is 3. The van der Waals surface area contributed by atoms with Crippen molar-refractivity contribution in [1.29, 1.82) is 0 Å². The minimum atomic E-state index is -1.07. The molecule has 0 heterocycles. The topological polar surface area (TPSA) is 95.5 Å². The average Bonchev–Trinajstić information content (AvgIpc) is 2.79.